The van der Waals surface area contributed by atoms with E-state index in [0.29, 0.717) is 24.9 Å². The minimum absolute atomic E-state index is 0.0425. The molecule has 1 aromatic heterocycles. The highest BCUT2D eigenvalue weighted by atomic mass is 32.2. The summed E-state index contributed by atoms with van der Waals surface area (Å²) in [6.45, 7) is 4.44. The zero-order valence-corrected chi connectivity index (χ0v) is 16.7. The number of carbonyl (C=O) groups excluding carboxylic acids is 1. The third kappa shape index (κ3) is 3.76. The van der Waals surface area contributed by atoms with Crippen molar-refractivity contribution < 1.29 is 14.3 Å². The smallest absolute Gasteiger partial charge is 0.343 e. The summed E-state index contributed by atoms with van der Waals surface area (Å²) in [6, 6.07) is 5.97. The first-order valence-corrected chi connectivity index (χ1v) is 10.6. The number of hydrogen-bond donors (Lipinski definition) is 1. The quantitative estimate of drug-likeness (QED) is 0.743. The molecule has 0 radical (unpaired) electrons. The van der Waals surface area contributed by atoms with E-state index in [4.69, 9.17) is 9.47 Å². The number of likely N-dealkylation sites (tertiary alicyclic amines) is 1. The third-order valence-electron chi connectivity index (χ3n) is 5.02. The van der Waals surface area contributed by atoms with Crippen molar-refractivity contribution >= 4 is 17.7 Å². The van der Waals surface area contributed by atoms with Crippen molar-refractivity contribution in [3.63, 3.8) is 0 Å². The second-order valence-electron chi connectivity index (χ2n) is 6.90. The fourth-order valence-electron chi connectivity index (χ4n) is 3.72. The number of aromatic amines is 1. The lowest BCUT2D eigenvalue weighted by Crippen LogP contribution is -2.32. The largest absolute Gasteiger partial charge is 0.486 e. The Labute approximate surface area is 167 Å². The van der Waals surface area contributed by atoms with E-state index in [0.717, 1.165) is 42.9 Å². The summed E-state index contributed by atoms with van der Waals surface area (Å²) in [4.78, 5) is 26.6. The predicted octanol–water partition coefficient (Wildman–Crippen LogP) is 2.21. The van der Waals surface area contributed by atoms with Crippen molar-refractivity contribution in [1.29, 1.82) is 0 Å². The van der Waals surface area contributed by atoms with E-state index >= 15 is 0 Å². The van der Waals surface area contributed by atoms with Gasteiger partial charge in [0.05, 0.1) is 11.8 Å². The van der Waals surface area contributed by atoms with E-state index in [9.17, 15) is 9.59 Å². The minimum atomic E-state index is -0.230. The van der Waals surface area contributed by atoms with Crippen molar-refractivity contribution in [3.05, 3.63) is 34.2 Å². The zero-order chi connectivity index (χ0) is 19.5. The van der Waals surface area contributed by atoms with Crippen molar-refractivity contribution in [2.45, 2.75) is 43.9 Å². The van der Waals surface area contributed by atoms with E-state index in [1.54, 1.807) is 4.57 Å². The maximum Gasteiger partial charge on any atom is 0.343 e. The lowest BCUT2D eigenvalue weighted by Gasteiger charge is -2.26. The lowest BCUT2D eigenvalue weighted by atomic mass is 10.0. The molecule has 1 saturated heterocycles. The molecule has 3 heterocycles. The molecule has 0 unspecified atom stereocenters. The van der Waals surface area contributed by atoms with Crippen LogP contribution in [0.5, 0.6) is 11.5 Å². The van der Waals surface area contributed by atoms with Gasteiger partial charge in [-0.25, -0.2) is 9.89 Å². The van der Waals surface area contributed by atoms with Crippen LogP contribution in [-0.2, 0) is 11.3 Å². The molecule has 2 aliphatic heterocycles. The molecule has 2 aromatic rings. The molecule has 150 valence electrons. The van der Waals surface area contributed by atoms with Gasteiger partial charge in [0, 0.05) is 13.1 Å². The van der Waals surface area contributed by atoms with Crippen LogP contribution in [0, 0.1) is 0 Å². The molecule has 4 rings (SSSR count). The summed E-state index contributed by atoms with van der Waals surface area (Å²) in [6.07, 6.45) is 2.73. The molecule has 0 bridgehead atoms. The molecule has 1 fully saturated rings. The topological polar surface area (TPSA) is 89.4 Å². The van der Waals surface area contributed by atoms with Gasteiger partial charge < -0.3 is 14.4 Å². The molecule has 1 aromatic carbocycles. The highest BCUT2D eigenvalue weighted by Crippen LogP contribution is 2.38. The van der Waals surface area contributed by atoms with Crippen LogP contribution in [0.1, 0.15) is 37.8 Å². The average molecular weight is 404 g/mol. The van der Waals surface area contributed by atoms with E-state index in [2.05, 4.69) is 10.2 Å². The molecular formula is C19H24N4O4S. The molecule has 1 atom stereocenters. The number of carbonyl (C=O) groups is 1. The monoisotopic (exact) mass is 404 g/mol. The first-order chi connectivity index (χ1) is 13.7. The number of fused-ring (bicyclic) bond motifs is 1. The van der Waals surface area contributed by atoms with Crippen molar-refractivity contribution in [2.75, 3.05) is 25.5 Å². The van der Waals surface area contributed by atoms with E-state index in [-0.39, 0.29) is 23.4 Å². The highest BCUT2D eigenvalue weighted by molar-refractivity contribution is 7.99. The molecule has 1 N–H and O–H groups in total. The normalized spacial score (nSPS) is 18.5. The molecule has 0 spiro atoms. The number of hydrogen-bond acceptors (Lipinski definition) is 6. The van der Waals surface area contributed by atoms with Gasteiger partial charge >= 0.3 is 5.69 Å². The molecule has 8 nitrogen and oxygen atoms in total. The summed E-state index contributed by atoms with van der Waals surface area (Å²) < 4.78 is 12.9. The lowest BCUT2D eigenvalue weighted by molar-refractivity contribution is -0.129. The fourth-order valence-corrected chi connectivity index (χ4v) is 4.58. The molecule has 9 heteroatoms. The first kappa shape index (κ1) is 18.9. The van der Waals surface area contributed by atoms with E-state index in [1.165, 1.54) is 11.8 Å². The number of benzene rings is 1. The van der Waals surface area contributed by atoms with Crippen LogP contribution in [0.4, 0.5) is 0 Å². The van der Waals surface area contributed by atoms with Gasteiger partial charge in [-0.15, -0.1) is 5.10 Å². The van der Waals surface area contributed by atoms with Crippen LogP contribution >= 0.6 is 11.8 Å². The summed E-state index contributed by atoms with van der Waals surface area (Å²) >= 11 is 1.31. The van der Waals surface area contributed by atoms with Crippen LogP contribution in [0.3, 0.4) is 0 Å². The number of nitrogens with zero attached hydrogens (tertiary/aromatic N) is 3. The SMILES string of the molecule is CCCn1c(SCC(=O)N2CCC[C@@H]2c2ccc3c(c2)OCCO3)n[nH]c1=O. The zero-order valence-electron chi connectivity index (χ0n) is 15.8. The summed E-state index contributed by atoms with van der Waals surface area (Å²) in [5.74, 6) is 1.82. The second-order valence-corrected chi connectivity index (χ2v) is 7.84. The van der Waals surface area contributed by atoms with Gasteiger partial charge in [0.25, 0.3) is 0 Å². The van der Waals surface area contributed by atoms with Gasteiger partial charge in [0.1, 0.15) is 13.2 Å². The van der Waals surface area contributed by atoms with E-state index < -0.39 is 0 Å². The van der Waals surface area contributed by atoms with Crippen molar-refractivity contribution in [2.24, 2.45) is 0 Å². The Balaban J connectivity index is 1.45. The van der Waals surface area contributed by atoms with Crippen LogP contribution in [0.25, 0.3) is 0 Å². The Hall–Kier alpha value is -2.42. The second kappa shape index (κ2) is 8.30. The van der Waals surface area contributed by atoms with Crippen molar-refractivity contribution in [1.82, 2.24) is 19.7 Å². The molecule has 1 amide bonds. The fraction of sp³-hybridized carbons (Fsp3) is 0.526. The van der Waals surface area contributed by atoms with E-state index in [1.807, 2.05) is 30.0 Å². The van der Waals surface area contributed by atoms with Crippen LogP contribution in [-0.4, -0.2) is 51.1 Å². The Morgan fingerprint density at radius 3 is 2.96 bits per heavy atom. The van der Waals surface area contributed by atoms with Gasteiger partial charge in [-0.1, -0.05) is 24.8 Å². The number of ether oxygens (including phenoxy) is 2. The van der Waals surface area contributed by atoms with Gasteiger partial charge in [-0.3, -0.25) is 9.36 Å². The Bertz CT molecular complexity index is 910. The van der Waals surface area contributed by atoms with Gasteiger partial charge in [0.2, 0.25) is 5.91 Å². The Morgan fingerprint density at radius 2 is 2.14 bits per heavy atom. The standard InChI is InChI=1S/C19H24N4O4S/c1-2-7-23-18(25)20-21-19(23)28-12-17(24)22-8-3-4-14(22)13-5-6-15-16(11-13)27-10-9-26-15/h5-6,11,14H,2-4,7-10,12H2,1H3,(H,20,25)/t14-/m1/s1. The predicted molar refractivity (Wildman–Crippen MR) is 105 cm³/mol. The maximum atomic E-state index is 12.9. The molecule has 28 heavy (non-hydrogen) atoms. The Kier molecular flexibility index (Phi) is 5.61. The number of thioether (sulfide) groups is 1. The number of H-pyrrole nitrogens is 1. The molecule has 2 aliphatic rings. The number of aromatic nitrogens is 3. The number of rotatable bonds is 6. The first-order valence-electron chi connectivity index (χ1n) is 9.64. The summed E-state index contributed by atoms with van der Waals surface area (Å²) in [5.41, 5.74) is 0.842. The van der Waals surface area contributed by atoms with Gasteiger partial charge in [0.15, 0.2) is 16.7 Å². The average Bonchev–Trinajstić information content (AvgIpc) is 3.34. The molecule has 0 aliphatic carbocycles. The maximum absolute atomic E-state index is 12.9. The van der Waals surface area contributed by atoms with Gasteiger partial charge in [-0.2, -0.15) is 0 Å². The number of nitrogens with one attached hydrogen (secondary N) is 1. The summed E-state index contributed by atoms with van der Waals surface area (Å²) in [7, 11) is 0. The number of amides is 1. The van der Waals surface area contributed by atoms with Crippen LogP contribution in [0.15, 0.2) is 28.2 Å². The van der Waals surface area contributed by atoms with Crippen molar-refractivity contribution in [3.8, 4) is 11.5 Å². The van der Waals surface area contributed by atoms with Crippen LogP contribution < -0.4 is 15.2 Å². The molecular weight excluding hydrogens is 380 g/mol. The van der Waals surface area contributed by atoms with Gasteiger partial charge in [-0.05, 0) is 37.0 Å². The summed E-state index contributed by atoms with van der Waals surface area (Å²) in [5, 5.41) is 7.08. The minimum Gasteiger partial charge on any atom is -0.486 e. The van der Waals surface area contributed by atoms with Crippen LogP contribution in [0.2, 0.25) is 0 Å². The third-order valence-corrected chi connectivity index (χ3v) is 5.98. The highest BCUT2D eigenvalue weighted by Gasteiger charge is 2.31. The molecule has 0 saturated carbocycles. The Morgan fingerprint density at radius 1 is 1.32 bits per heavy atom.